The molecule has 0 heterocycles. The fourth-order valence-electron chi connectivity index (χ4n) is 0.757. The van der Waals surface area contributed by atoms with Crippen molar-refractivity contribution in [3.05, 3.63) is 35.9 Å². The number of nitrogens with two attached hydrogens (primary N) is 1. The number of hydrogen-bond donors (Lipinski definition) is 1. The van der Waals surface area contributed by atoms with E-state index in [1.807, 2.05) is 37.3 Å². The van der Waals surface area contributed by atoms with Crippen molar-refractivity contribution in [1.82, 2.24) is 0 Å². The van der Waals surface area contributed by atoms with Crippen molar-refractivity contribution in [2.75, 3.05) is 0 Å². The van der Waals surface area contributed by atoms with Crippen LogP contribution in [0.3, 0.4) is 0 Å². The third-order valence-corrected chi connectivity index (χ3v) is 1.33. The fourth-order valence-corrected chi connectivity index (χ4v) is 0.757. The molecule has 0 bridgehead atoms. The first kappa shape index (κ1) is 11.2. The van der Waals surface area contributed by atoms with E-state index in [2.05, 4.69) is 9.42 Å². The van der Waals surface area contributed by atoms with E-state index in [1.54, 1.807) is 18.8 Å². The summed E-state index contributed by atoms with van der Waals surface area (Å²) >= 11 is 1.61. The average Bonchev–Trinajstić information content (AvgIpc) is 2.10. The Morgan fingerprint density at radius 3 is 2.00 bits per heavy atom. The Balaban J connectivity index is 0.000000461. The zero-order chi connectivity index (χ0) is 8.69. The van der Waals surface area contributed by atoms with Gasteiger partial charge in [-0.2, -0.15) is 0 Å². The van der Waals surface area contributed by atoms with E-state index >= 15 is 0 Å². The van der Waals surface area contributed by atoms with E-state index in [4.69, 9.17) is 5.73 Å². The van der Waals surface area contributed by atoms with Gasteiger partial charge in [0.05, 0.1) is 0 Å². The number of hydrogen-bond acceptors (Lipinski definition) is 1. The van der Waals surface area contributed by atoms with Crippen molar-refractivity contribution < 1.29 is 18.8 Å². The SMILES string of the molecule is CC(N)c1ccccc1.[Cl][Pt]. The zero-order valence-corrected chi connectivity index (χ0v) is 9.26. The van der Waals surface area contributed by atoms with Crippen molar-refractivity contribution in [2.45, 2.75) is 13.0 Å². The Bertz CT molecular complexity index is 177. The number of halogens is 1. The van der Waals surface area contributed by atoms with Gasteiger partial charge in [-0.05, 0) is 12.5 Å². The van der Waals surface area contributed by atoms with Crippen LogP contribution in [0.15, 0.2) is 30.3 Å². The molecule has 0 aliphatic heterocycles. The monoisotopic (exact) mass is 351 g/mol. The van der Waals surface area contributed by atoms with Gasteiger partial charge in [0, 0.05) is 6.04 Å². The van der Waals surface area contributed by atoms with Crippen molar-refractivity contribution in [2.24, 2.45) is 5.73 Å². The molecule has 1 atom stereocenters. The van der Waals surface area contributed by atoms with Crippen LogP contribution in [0.4, 0.5) is 0 Å². The van der Waals surface area contributed by atoms with Crippen LogP contribution in [0.5, 0.6) is 0 Å². The van der Waals surface area contributed by atoms with Crippen LogP contribution in [-0.4, -0.2) is 0 Å². The van der Waals surface area contributed by atoms with Crippen LogP contribution < -0.4 is 5.73 Å². The maximum atomic E-state index is 5.61. The molecule has 0 amide bonds. The normalized spacial score (nSPS) is 11.4. The van der Waals surface area contributed by atoms with E-state index < -0.39 is 0 Å². The number of benzene rings is 1. The summed E-state index contributed by atoms with van der Waals surface area (Å²) in [5, 5.41) is 0. The molecule has 0 fully saturated rings. The molecule has 65 valence electrons. The molecule has 1 aromatic carbocycles. The van der Waals surface area contributed by atoms with Crippen LogP contribution in [-0.2, 0) is 18.8 Å². The molecule has 3 heteroatoms. The fraction of sp³-hybridized carbons (Fsp3) is 0.250. The van der Waals surface area contributed by atoms with Gasteiger partial charge in [-0.25, -0.2) is 0 Å². The summed E-state index contributed by atoms with van der Waals surface area (Å²) in [6.45, 7) is 1.98. The molecule has 0 radical (unpaired) electrons. The molecule has 0 aromatic heterocycles. The van der Waals surface area contributed by atoms with Crippen LogP contribution in [0, 0.1) is 0 Å². The van der Waals surface area contributed by atoms with Crippen molar-refractivity contribution in [3.63, 3.8) is 0 Å². The molecule has 0 aliphatic carbocycles. The quantitative estimate of drug-likeness (QED) is 0.826. The van der Waals surface area contributed by atoms with Crippen LogP contribution in [0.25, 0.3) is 0 Å². The standard InChI is InChI=1S/C8H11N.ClH.Pt/c1-7(9)8-5-3-2-4-6-8;;/h2-7H,9H2,1H3;1H;/q;;+1/p-1. The first-order chi connectivity index (χ1) is 5.30. The summed E-state index contributed by atoms with van der Waals surface area (Å²) < 4.78 is 0. The van der Waals surface area contributed by atoms with Crippen LogP contribution >= 0.6 is 9.42 Å². The Kier molecular flexibility index (Phi) is 6.94. The molecule has 0 aliphatic rings. The summed E-state index contributed by atoms with van der Waals surface area (Å²) in [5.74, 6) is 0. The van der Waals surface area contributed by atoms with E-state index in [0.717, 1.165) is 0 Å². The molecular weight excluding hydrogens is 341 g/mol. The summed E-state index contributed by atoms with van der Waals surface area (Å²) in [6, 6.07) is 10.2. The Hall–Kier alpha value is 0.158. The van der Waals surface area contributed by atoms with Gasteiger partial charge in [0.1, 0.15) is 0 Å². The topological polar surface area (TPSA) is 26.0 Å². The predicted molar refractivity (Wildman–Crippen MR) is 44.9 cm³/mol. The maximum absolute atomic E-state index is 5.61. The van der Waals surface area contributed by atoms with Crippen molar-refractivity contribution in [1.29, 1.82) is 0 Å². The Labute approximate surface area is 82.8 Å². The van der Waals surface area contributed by atoms with E-state index in [1.165, 1.54) is 5.56 Å². The molecule has 1 unspecified atom stereocenters. The molecule has 0 saturated carbocycles. The first-order valence-corrected chi connectivity index (χ1v) is 6.05. The second-order valence-electron chi connectivity index (χ2n) is 2.20. The van der Waals surface area contributed by atoms with Gasteiger partial charge in [0.2, 0.25) is 0 Å². The molecular formula is C8H11ClNPt. The van der Waals surface area contributed by atoms with Gasteiger partial charge in [-0.3, -0.25) is 0 Å². The van der Waals surface area contributed by atoms with Crippen molar-refractivity contribution in [3.8, 4) is 0 Å². The minimum absolute atomic E-state index is 0.159. The summed E-state index contributed by atoms with van der Waals surface area (Å²) in [7, 11) is 4.61. The van der Waals surface area contributed by atoms with Gasteiger partial charge in [0.25, 0.3) is 0 Å². The Morgan fingerprint density at radius 1 is 1.27 bits per heavy atom. The van der Waals surface area contributed by atoms with Crippen LogP contribution in [0.1, 0.15) is 18.5 Å². The third-order valence-electron chi connectivity index (χ3n) is 1.33. The molecule has 1 rings (SSSR count). The first-order valence-electron chi connectivity index (χ1n) is 3.23. The molecule has 1 nitrogen and oxygen atoms in total. The van der Waals surface area contributed by atoms with E-state index in [0.29, 0.717) is 0 Å². The van der Waals surface area contributed by atoms with Gasteiger partial charge in [0.15, 0.2) is 0 Å². The van der Waals surface area contributed by atoms with Gasteiger partial charge < -0.3 is 5.73 Å². The van der Waals surface area contributed by atoms with Gasteiger partial charge in [-0.1, -0.05) is 30.3 Å². The summed E-state index contributed by atoms with van der Waals surface area (Å²) in [5.41, 5.74) is 6.81. The zero-order valence-electron chi connectivity index (χ0n) is 6.24. The molecule has 0 saturated heterocycles. The van der Waals surface area contributed by atoms with E-state index in [-0.39, 0.29) is 6.04 Å². The molecule has 1 aromatic rings. The molecule has 11 heavy (non-hydrogen) atoms. The third kappa shape index (κ3) is 4.57. The second kappa shape index (κ2) is 6.84. The number of rotatable bonds is 1. The minimum atomic E-state index is 0.159. The van der Waals surface area contributed by atoms with Crippen LogP contribution in [0.2, 0.25) is 0 Å². The average molecular weight is 352 g/mol. The summed E-state index contributed by atoms with van der Waals surface area (Å²) in [6.07, 6.45) is 0. The summed E-state index contributed by atoms with van der Waals surface area (Å²) in [4.78, 5) is 0. The Morgan fingerprint density at radius 2 is 1.73 bits per heavy atom. The predicted octanol–water partition coefficient (Wildman–Crippen LogP) is 2.39. The van der Waals surface area contributed by atoms with Gasteiger partial charge >= 0.3 is 28.2 Å². The van der Waals surface area contributed by atoms with E-state index in [9.17, 15) is 0 Å². The molecule has 2 N–H and O–H groups in total. The second-order valence-corrected chi connectivity index (χ2v) is 2.20. The van der Waals surface area contributed by atoms with Gasteiger partial charge in [-0.15, -0.1) is 0 Å². The van der Waals surface area contributed by atoms with Crippen molar-refractivity contribution >= 4 is 9.42 Å². The molecule has 0 spiro atoms.